The molecule has 0 spiro atoms. The van der Waals surface area contributed by atoms with E-state index in [1.165, 1.54) is 20.2 Å². The first-order valence-corrected chi connectivity index (χ1v) is 4.40. The monoisotopic (exact) mass is 212 g/mol. The van der Waals surface area contributed by atoms with Gasteiger partial charge in [-0.1, -0.05) is 5.16 Å². The largest absolute Gasteiger partial charge is 0.480 e. The van der Waals surface area contributed by atoms with Gasteiger partial charge in [-0.05, 0) is 6.92 Å². The van der Waals surface area contributed by atoms with Gasteiger partial charge in [0.25, 0.3) is 0 Å². The van der Waals surface area contributed by atoms with Crippen LogP contribution in [0.15, 0.2) is 16.9 Å². The number of nitrogens with zero attached hydrogens (tertiary/aromatic N) is 2. The Kier molecular flexibility index (Phi) is 3.43. The highest BCUT2D eigenvalue weighted by Gasteiger charge is 2.22. The Morgan fingerprint density at radius 2 is 2.33 bits per heavy atom. The van der Waals surface area contributed by atoms with Crippen molar-refractivity contribution < 1.29 is 19.2 Å². The van der Waals surface area contributed by atoms with Gasteiger partial charge < -0.3 is 14.5 Å². The van der Waals surface area contributed by atoms with E-state index in [2.05, 4.69) is 9.68 Å². The van der Waals surface area contributed by atoms with E-state index in [4.69, 9.17) is 5.11 Å². The van der Waals surface area contributed by atoms with Crippen LogP contribution in [0, 0.1) is 0 Å². The molecule has 82 valence electrons. The zero-order valence-corrected chi connectivity index (χ0v) is 8.51. The fraction of sp³-hybridized carbons (Fsp3) is 0.444. The maximum Gasteiger partial charge on any atom is 0.326 e. The first-order valence-electron chi connectivity index (χ1n) is 4.40. The number of likely N-dealkylation sites (N-methyl/N-ethyl adjacent to an activating group) is 1. The lowest BCUT2D eigenvalue weighted by molar-refractivity contribution is -0.148. The van der Waals surface area contributed by atoms with Crippen molar-refractivity contribution >= 4 is 11.9 Å². The molecule has 0 fully saturated rings. The van der Waals surface area contributed by atoms with E-state index >= 15 is 0 Å². The molecule has 1 N–H and O–H groups in total. The summed E-state index contributed by atoms with van der Waals surface area (Å²) in [5.74, 6) is -1.34. The topological polar surface area (TPSA) is 83.6 Å². The third-order valence-corrected chi connectivity index (χ3v) is 2.16. The van der Waals surface area contributed by atoms with Crippen LogP contribution in [0.3, 0.4) is 0 Å². The average Bonchev–Trinajstić information content (AvgIpc) is 2.67. The Morgan fingerprint density at radius 3 is 2.80 bits per heavy atom. The van der Waals surface area contributed by atoms with E-state index in [1.807, 2.05) is 0 Å². The maximum absolute atomic E-state index is 11.5. The van der Waals surface area contributed by atoms with Crippen molar-refractivity contribution in [3.05, 3.63) is 18.0 Å². The molecule has 0 aliphatic carbocycles. The van der Waals surface area contributed by atoms with Crippen LogP contribution < -0.4 is 0 Å². The summed E-state index contributed by atoms with van der Waals surface area (Å²) in [6, 6.07) is 0.723. The van der Waals surface area contributed by atoms with Crippen molar-refractivity contribution in [3.8, 4) is 0 Å². The predicted octanol–water partition coefficient (Wildman–Crippen LogP) is 0.149. The van der Waals surface area contributed by atoms with Crippen molar-refractivity contribution in [3.63, 3.8) is 0 Å². The van der Waals surface area contributed by atoms with Gasteiger partial charge in [0.05, 0.1) is 12.1 Å². The number of hydrogen-bond acceptors (Lipinski definition) is 4. The van der Waals surface area contributed by atoms with Gasteiger partial charge in [0.2, 0.25) is 5.91 Å². The zero-order chi connectivity index (χ0) is 11.4. The Hall–Kier alpha value is -1.85. The highest BCUT2D eigenvalue weighted by atomic mass is 16.5. The molecule has 0 saturated heterocycles. The second-order valence-electron chi connectivity index (χ2n) is 3.19. The second kappa shape index (κ2) is 4.59. The summed E-state index contributed by atoms with van der Waals surface area (Å²) >= 11 is 0. The Morgan fingerprint density at radius 1 is 1.67 bits per heavy atom. The van der Waals surface area contributed by atoms with E-state index in [9.17, 15) is 9.59 Å². The van der Waals surface area contributed by atoms with Crippen LogP contribution in [-0.4, -0.2) is 40.1 Å². The second-order valence-corrected chi connectivity index (χ2v) is 3.19. The molecule has 1 rings (SSSR count). The minimum Gasteiger partial charge on any atom is -0.480 e. The molecule has 0 aromatic carbocycles. The lowest BCUT2D eigenvalue weighted by Crippen LogP contribution is -2.41. The van der Waals surface area contributed by atoms with Crippen LogP contribution >= 0.6 is 0 Å². The summed E-state index contributed by atoms with van der Waals surface area (Å²) < 4.78 is 4.57. The summed E-state index contributed by atoms with van der Waals surface area (Å²) in [6.07, 6.45) is 1.41. The van der Waals surface area contributed by atoms with Crippen LogP contribution in [0.1, 0.15) is 12.6 Å². The average molecular weight is 212 g/mol. The smallest absolute Gasteiger partial charge is 0.326 e. The summed E-state index contributed by atoms with van der Waals surface area (Å²) in [7, 11) is 1.45. The molecule has 0 aliphatic heterocycles. The summed E-state index contributed by atoms with van der Waals surface area (Å²) in [5, 5.41) is 12.3. The molecule has 1 atom stereocenters. The van der Waals surface area contributed by atoms with Crippen LogP contribution in [0.25, 0.3) is 0 Å². The van der Waals surface area contributed by atoms with Crippen LogP contribution in [-0.2, 0) is 16.0 Å². The number of carbonyl (C=O) groups is 2. The van der Waals surface area contributed by atoms with Gasteiger partial charge in [0.15, 0.2) is 0 Å². The fourth-order valence-corrected chi connectivity index (χ4v) is 0.990. The van der Waals surface area contributed by atoms with Crippen molar-refractivity contribution in [2.45, 2.75) is 19.4 Å². The molecule has 1 amide bonds. The Labute approximate surface area is 86.5 Å². The third-order valence-electron chi connectivity index (χ3n) is 2.16. The van der Waals surface area contributed by atoms with Gasteiger partial charge >= 0.3 is 5.97 Å². The number of carboxylic acid groups (broad SMARTS) is 1. The Balaban J connectivity index is 2.57. The molecular weight excluding hydrogens is 200 g/mol. The first kappa shape index (κ1) is 11.2. The maximum atomic E-state index is 11.5. The van der Waals surface area contributed by atoms with E-state index in [0.29, 0.717) is 5.69 Å². The van der Waals surface area contributed by atoms with Crippen LogP contribution in [0.5, 0.6) is 0 Å². The molecule has 1 unspecified atom stereocenters. The fourth-order valence-electron chi connectivity index (χ4n) is 0.990. The Bertz CT molecular complexity index is 347. The number of carbonyl (C=O) groups excluding carboxylic acids is 1. The minimum atomic E-state index is -1.04. The number of hydrogen-bond donors (Lipinski definition) is 1. The molecule has 1 aromatic heterocycles. The van der Waals surface area contributed by atoms with E-state index < -0.39 is 12.0 Å². The van der Waals surface area contributed by atoms with Gasteiger partial charge in [-0.3, -0.25) is 4.79 Å². The molecule has 0 saturated carbocycles. The van der Waals surface area contributed by atoms with E-state index in [-0.39, 0.29) is 12.3 Å². The molecule has 0 bridgehead atoms. The molecule has 6 nitrogen and oxygen atoms in total. The molecule has 1 aromatic rings. The molecule has 15 heavy (non-hydrogen) atoms. The number of aliphatic carboxylic acids is 1. The minimum absolute atomic E-state index is 0.0462. The van der Waals surface area contributed by atoms with Crippen LogP contribution in [0.2, 0.25) is 0 Å². The summed E-state index contributed by atoms with van der Waals surface area (Å²) in [5.41, 5.74) is 0.490. The molecule has 1 heterocycles. The molecule has 0 aliphatic rings. The molecule has 6 heteroatoms. The van der Waals surface area contributed by atoms with Crippen molar-refractivity contribution in [1.29, 1.82) is 0 Å². The van der Waals surface area contributed by atoms with Crippen molar-refractivity contribution in [1.82, 2.24) is 10.1 Å². The van der Waals surface area contributed by atoms with Crippen LogP contribution in [0.4, 0.5) is 0 Å². The van der Waals surface area contributed by atoms with Gasteiger partial charge in [0, 0.05) is 13.1 Å². The lowest BCUT2D eigenvalue weighted by atomic mass is 10.2. The van der Waals surface area contributed by atoms with Gasteiger partial charge in [0.1, 0.15) is 12.3 Å². The quantitative estimate of drug-likeness (QED) is 0.767. The molecule has 0 radical (unpaired) electrons. The molecular formula is C9H12N2O4. The predicted molar refractivity (Wildman–Crippen MR) is 50.1 cm³/mol. The normalized spacial score (nSPS) is 12.1. The highest BCUT2D eigenvalue weighted by Crippen LogP contribution is 2.02. The standard InChI is InChI=1S/C9H12N2O4/c1-6(9(13)14)11(2)8(12)5-7-3-4-15-10-7/h3-4,6H,5H2,1-2H3,(H,13,14). The first-order chi connectivity index (χ1) is 7.02. The lowest BCUT2D eigenvalue weighted by Gasteiger charge is -2.20. The van der Waals surface area contributed by atoms with E-state index in [1.54, 1.807) is 6.07 Å². The van der Waals surface area contributed by atoms with Gasteiger partial charge in [-0.15, -0.1) is 0 Å². The third kappa shape index (κ3) is 2.80. The highest BCUT2D eigenvalue weighted by molar-refractivity contribution is 5.84. The number of aromatic nitrogens is 1. The number of amides is 1. The van der Waals surface area contributed by atoms with Gasteiger partial charge in [-0.25, -0.2) is 4.79 Å². The van der Waals surface area contributed by atoms with Crippen molar-refractivity contribution in [2.24, 2.45) is 0 Å². The van der Waals surface area contributed by atoms with Gasteiger partial charge in [-0.2, -0.15) is 0 Å². The number of rotatable bonds is 4. The summed E-state index contributed by atoms with van der Waals surface area (Å²) in [4.78, 5) is 23.3. The SMILES string of the molecule is CC(C(=O)O)N(C)C(=O)Cc1ccon1. The number of carboxylic acids is 1. The zero-order valence-electron chi connectivity index (χ0n) is 8.51. The summed E-state index contributed by atoms with van der Waals surface area (Å²) in [6.45, 7) is 1.45. The van der Waals surface area contributed by atoms with E-state index in [0.717, 1.165) is 4.90 Å². The van der Waals surface area contributed by atoms with Crippen molar-refractivity contribution in [2.75, 3.05) is 7.05 Å².